The Balaban J connectivity index is 0.000000226. The minimum absolute atomic E-state index is 1.33. The molecule has 0 fully saturated rings. The molecule has 3 nitrogen and oxygen atoms in total. The van der Waals surface area contributed by atoms with E-state index in [9.17, 15) is 0 Å². The molecule has 0 saturated carbocycles. The number of hydrogen-bond donors (Lipinski definition) is 1. The first kappa shape index (κ1) is 12.8. The van der Waals surface area contributed by atoms with Gasteiger partial charge in [0.1, 0.15) is 0 Å². The van der Waals surface area contributed by atoms with Gasteiger partial charge < -0.3 is 13.6 Å². The number of hydrogen-bond acceptors (Lipinski definition) is 3. The van der Waals surface area contributed by atoms with Gasteiger partial charge in [0.15, 0.2) is 0 Å². The summed E-state index contributed by atoms with van der Waals surface area (Å²) in [6, 6.07) is 0. The highest BCUT2D eigenvalue weighted by atomic mass is 28.3. The lowest BCUT2D eigenvalue weighted by molar-refractivity contribution is 0.193. The molecule has 1 rings (SSSR count). The van der Waals surface area contributed by atoms with Crippen molar-refractivity contribution in [3.8, 4) is 0 Å². The number of allylic oxidation sites excluding steroid dienone is 2. The van der Waals surface area contributed by atoms with Gasteiger partial charge in [-0.1, -0.05) is 11.6 Å². The number of rotatable bonds is 2. The molecule has 0 aromatic rings. The predicted molar refractivity (Wildman–Crippen MR) is 55.6 cm³/mol. The molecular weight excluding hydrogens is 184 g/mol. The minimum atomic E-state index is -2.16. The van der Waals surface area contributed by atoms with E-state index in [1.807, 2.05) is 0 Å². The summed E-state index contributed by atoms with van der Waals surface area (Å²) in [4.78, 5) is 8.36. The van der Waals surface area contributed by atoms with Crippen molar-refractivity contribution in [2.75, 3.05) is 14.2 Å². The summed E-state index contributed by atoms with van der Waals surface area (Å²) in [6.07, 6.45) is 7.86. The van der Waals surface area contributed by atoms with Crippen LogP contribution in [0.2, 0.25) is 0 Å². The van der Waals surface area contributed by atoms with E-state index in [1.54, 1.807) is 5.57 Å². The fourth-order valence-corrected chi connectivity index (χ4v) is 1.29. The van der Waals surface area contributed by atoms with Crippen LogP contribution in [0.1, 0.15) is 32.6 Å². The predicted octanol–water partition coefficient (Wildman–Crippen LogP) is 1.50. The molecule has 0 aliphatic heterocycles. The minimum Gasteiger partial charge on any atom is -0.392 e. The van der Waals surface area contributed by atoms with Crippen LogP contribution in [-0.2, 0) is 8.85 Å². The molecule has 1 aliphatic carbocycles. The highest BCUT2D eigenvalue weighted by Gasteiger charge is 1.99. The first-order valence-electron chi connectivity index (χ1n) is 4.60. The first-order valence-corrected chi connectivity index (χ1v) is 6.06. The van der Waals surface area contributed by atoms with Crippen molar-refractivity contribution < 1.29 is 13.6 Å². The lowest BCUT2D eigenvalue weighted by Crippen LogP contribution is -2.17. The van der Waals surface area contributed by atoms with E-state index in [4.69, 9.17) is 4.80 Å². The monoisotopic (exact) mass is 204 g/mol. The average Bonchev–Trinajstić information content (AvgIpc) is 2.19. The van der Waals surface area contributed by atoms with Crippen LogP contribution in [0.15, 0.2) is 11.6 Å². The van der Waals surface area contributed by atoms with Gasteiger partial charge in [0.2, 0.25) is 0 Å². The maximum Gasteiger partial charge on any atom is 0.480 e. The van der Waals surface area contributed by atoms with E-state index in [-0.39, 0.29) is 0 Å². The molecule has 0 aromatic carbocycles. The molecule has 1 N–H and O–H groups in total. The Bertz CT molecular complexity index is 144. The molecule has 0 aromatic heterocycles. The van der Waals surface area contributed by atoms with E-state index in [0.29, 0.717) is 0 Å². The molecule has 78 valence electrons. The van der Waals surface area contributed by atoms with Crippen molar-refractivity contribution in [2.24, 2.45) is 0 Å². The quantitative estimate of drug-likeness (QED) is 0.547. The fourth-order valence-electron chi connectivity index (χ4n) is 1.09. The Morgan fingerprint density at radius 2 is 1.92 bits per heavy atom. The summed E-state index contributed by atoms with van der Waals surface area (Å²) < 4.78 is 8.74. The molecule has 0 heterocycles. The van der Waals surface area contributed by atoms with Crippen molar-refractivity contribution in [1.82, 2.24) is 0 Å². The van der Waals surface area contributed by atoms with Gasteiger partial charge in [-0.05, 0) is 32.6 Å². The Morgan fingerprint density at radius 1 is 1.31 bits per heavy atom. The molecular formula is C9H20O3Si. The SMILES string of the molecule is CC1=CCCCC1.CO[SiH](O)OC. The lowest BCUT2D eigenvalue weighted by atomic mass is 10.0. The van der Waals surface area contributed by atoms with E-state index < -0.39 is 9.53 Å². The third-order valence-electron chi connectivity index (χ3n) is 1.92. The van der Waals surface area contributed by atoms with Crippen LogP contribution in [0, 0.1) is 0 Å². The van der Waals surface area contributed by atoms with Gasteiger partial charge in [0, 0.05) is 14.2 Å². The van der Waals surface area contributed by atoms with Crippen LogP contribution in [0.4, 0.5) is 0 Å². The van der Waals surface area contributed by atoms with Crippen LogP contribution in [0.5, 0.6) is 0 Å². The van der Waals surface area contributed by atoms with Crippen molar-refractivity contribution in [3.63, 3.8) is 0 Å². The first-order chi connectivity index (χ1) is 6.20. The summed E-state index contributed by atoms with van der Waals surface area (Å²) in [7, 11) is 0.674. The zero-order chi connectivity index (χ0) is 10.1. The van der Waals surface area contributed by atoms with Gasteiger partial charge in [0.25, 0.3) is 0 Å². The summed E-state index contributed by atoms with van der Waals surface area (Å²) in [5.41, 5.74) is 1.59. The Morgan fingerprint density at radius 3 is 2.08 bits per heavy atom. The van der Waals surface area contributed by atoms with Crippen molar-refractivity contribution in [3.05, 3.63) is 11.6 Å². The molecule has 0 amide bonds. The van der Waals surface area contributed by atoms with Gasteiger partial charge in [-0.25, -0.2) is 0 Å². The van der Waals surface area contributed by atoms with Crippen LogP contribution >= 0.6 is 0 Å². The third-order valence-corrected chi connectivity index (χ3v) is 2.73. The second-order valence-electron chi connectivity index (χ2n) is 3.07. The molecule has 0 unspecified atom stereocenters. The van der Waals surface area contributed by atoms with Crippen LogP contribution in [0.3, 0.4) is 0 Å². The van der Waals surface area contributed by atoms with Crippen LogP contribution < -0.4 is 0 Å². The average molecular weight is 204 g/mol. The fraction of sp³-hybridized carbons (Fsp3) is 0.778. The van der Waals surface area contributed by atoms with Crippen molar-refractivity contribution in [2.45, 2.75) is 32.6 Å². The molecule has 0 bridgehead atoms. The summed E-state index contributed by atoms with van der Waals surface area (Å²) in [6.45, 7) is 2.22. The maximum absolute atomic E-state index is 8.36. The van der Waals surface area contributed by atoms with E-state index >= 15 is 0 Å². The Labute approximate surface area is 82.3 Å². The van der Waals surface area contributed by atoms with Gasteiger partial charge in [-0.3, -0.25) is 0 Å². The largest absolute Gasteiger partial charge is 0.480 e. The van der Waals surface area contributed by atoms with Gasteiger partial charge in [-0.2, -0.15) is 0 Å². The van der Waals surface area contributed by atoms with Crippen molar-refractivity contribution >= 4 is 9.53 Å². The maximum atomic E-state index is 8.36. The normalized spacial score (nSPS) is 16.2. The van der Waals surface area contributed by atoms with E-state index in [0.717, 1.165) is 0 Å². The smallest absolute Gasteiger partial charge is 0.392 e. The zero-order valence-electron chi connectivity index (χ0n) is 8.75. The van der Waals surface area contributed by atoms with Gasteiger partial charge in [-0.15, -0.1) is 0 Å². The second-order valence-corrected chi connectivity index (χ2v) is 4.63. The zero-order valence-corrected chi connectivity index (χ0v) is 9.90. The van der Waals surface area contributed by atoms with Crippen molar-refractivity contribution in [1.29, 1.82) is 0 Å². The summed E-state index contributed by atoms with van der Waals surface area (Å²) in [5, 5.41) is 0. The topological polar surface area (TPSA) is 38.7 Å². The molecule has 0 atom stereocenters. The lowest BCUT2D eigenvalue weighted by Gasteiger charge is -2.05. The standard InChI is InChI=1S/C7H12.C2H8O3Si/c1-7-5-3-2-4-6-7;1-4-6(3)5-2/h5H,2-4,6H2,1H3;3,6H,1-2H3. The second kappa shape index (κ2) is 8.44. The molecule has 4 heteroatoms. The molecule has 0 spiro atoms. The van der Waals surface area contributed by atoms with E-state index in [2.05, 4.69) is 21.9 Å². The highest BCUT2D eigenvalue weighted by molar-refractivity contribution is 6.34. The summed E-state index contributed by atoms with van der Waals surface area (Å²) >= 11 is 0. The van der Waals surface area contributed by atoms with E-state index in [1.165, 1.54) is 39.9 Å². The Kier molecular flexibility index (Phi) is 8.33. The summed E-state index contributed by atoms with van der Waals surface area (Å²) in [5.74, 6) is 0. The third kappa shape index (κ3) is 8.17. The van der Waals surface area contributed by atoms with Gasteiger partial charge in [0.05, 0.1) is 0 Å². The van der Waals surface area contributed by atoms with Gasteiger partial charge >= 0.3 is 9.53 Å². The van der Waals surface area contributed by atoms with Crippen LogP contribution in [-0.4, -0.2) is 28.5 Å². The molecule has 0 radical (unpaired) electrons. The molecule has 0 saturated heterocycles. The highest BCUT2D eigenvalue weighted by Crippen LogP contribution is 2.15. The Hall–Kier alpha value is -0.163. The van der Waals surface area contributed by atoms with Crippen LogP contribution in [0.25, 0.3) is 0 Å². The molecule has 13 heavy (non-hydrogen) atoms. The molecule has 1 aliphatic rings.